The first-order valence-electron chi connectivity index (χ1n) is 6.82. The highest BCUT2D eigenvalue weighted by molar-refractivity contribution is 6.03. The lowest BCUT2D eigenvalue weighted by atomic mass is 9.87. The van der Waals surface area contributed by atoms with E-state index in [0.717, 1.165) is 19.3 Å². The first-order chi connectivity index (χ1) is 9.09. The zero-order valence-electron chi connectivity index (χ0n) is 11.1. The fraction of sp³-hybridized carbons (Fsp3) is 0.533. The predicted octanol–water partition coefficient (Wildman–Crippen LogP) is 2.16. The molecular formula is C15H19NO3. The number of fused-ring (bicyclic) bond motifs is 1. The summed E-state index contributed by atoms with van der Waals surface area (Å²) in [4.78, 5) is 12.5. The second-order valence-corrected chi connectivity index (χ2v) is 5.60. The van der Waals surface area contributed by atoms with Gasteiger partial charge in [-0.05, 0) is 43.9 Å². The Bertz CT molecular complexity index is 506. The van der Waals surface area contributed by atoms with Gasteiger partial charge in [0.15, 0.2) is 17.3 Å². The van der Waals surface area contributed by atoms with Crippen molar-refractivity contribution >= 4 is 5.78 Å². The lowest BCUT2D eigenvalue weighted by molar-refractivity contribution is 0.0883. The summed E-state index contributed by atoms with van der Waals surface area (Å²) in [6, 6.07) is 5.34. The second kappa shape index (κ2) is 4.53. The Morgan fingerprint density at radius 3 is 2.63 bits per heavy atom. The first kappa shape index (κ1) is 12.5. The van der Waals surface area contributed by atoms with Crippen molar-refractivity contribution in [3.05, 3.63) is 23.8 Å². The summed E-state index contributed by atoms with van der Waals surface area (Å²) >= 11 is 0. The van der Waals surface area contributed by atoms with Gasteiger partial charge < -0.3 is 15.2 Å². The maximum absolute atomic E-state index is 12.5. The maximum atomic E-state index is 12.5. The van der Waals surface area contributed by atoms with Gasteiger partial charge in [-0.15, -0.1) is 0 Å². The van der Waals surface area contributed by atoms with Crippen LogP contribution in [0.25, 0.3) is 0 Å². The Balaban J connectivity index is 1.89. The monoisotopic (exact) mass is 261 g/mol. The maximum Gasteiger partial charge on any atom is 0.182 e. The number of hydrogen-bond donors (Lipinski definition) is 1. The predicted molar refractivity (Wildman–Crippen MR) is 71.7 cm³/mol. The number of ether oxygens (including phenoxy) is 2. The van der Waals surface area contributed by atoms with Crippen LogP contribution in [0.3, 0.4) is 0 Å². The number of carbonyl (C=O) groups is 1. The van der Waals surface area contributed by atoms with E-state index >= 15 is 0 Å². The third-order valence-corrected chi connectivity index (χ3v) is 3.92. The van der Waals surface area contributed by atoms with Gasteiger partial charge in [-0.2, -0.15) is 0 Å². The molecule has 102 valence electrons. The van der Waals surface area contributed by atoms with Gasteiger partial charge >= 0.3 is 0 Å². The van der Waals surface area contributed by atoms with Crippen LogP contribution in [0, 0.1) is 5.92 Å². The quantitative estimate of drug-likeness (QED) is 0.847. The molecule has 1 fully saturated rings. The van der Waals surface area contributed by atoms with E-state index in [9.17, 15) is 4.79 Å². The first-order valence-corrected chi connectivity index (χ1v) is 6.82. The summed E-state index contributed by atoms with van der Waals surface area (Å²) in [5.74, 6) is 1.66. The molecule has 4 nitrogen and oxygen atoms in total. The summed E-state index contributed by atoms with van der Waals surface area (Å²) in [5.41, 5.74) is 6.03. The standard InChI is InChI=1S/C15H19NO3/c1-15(16,11-4-5-11)14(17)10-3-6-12-13(9-10)19-8-2-7-18-12/h3,6,9,11H,2,4-5,7-8,16H2,1H3. The van der Waals surface area contributed by atoms with E-state index in [0.29, 0.717) is 36.2 Å². The highest BCUT2D eigenvalue weighted by Gasteiger charge is 2.44. The number of hydrogen-bond acceptors (Lipinski definition) is 4. The van der Waals surface area contributed by atoms with Crippen molar-refractivity contribution in [3.8, 4) is 11.5 Å². The molecule has 1 aromatic rings. The Morgan fingerprint density at radius 2 is 1.95 bits per heavy atom. The van der Waals surface area contributed by atoms with E-state index in [1.807, 2.05) is 6.92 Å². The van der Waals surface area contributed by atoms with Crippen molar-refractivity contribution in [2.24, 2.45) is 11.7 Å². The van der Waals surface area contributed by atoms with Crippen LogP contribution in [0.5, 0.6) is 11.5 Å². The highest BCUT2D eigenvalue weighted by Crippen LogP contribution is 2.40. The third kappa shape index (κ3) is 2.32. The van der Waals surface area contributed by atoms with Gasteiger partial charge in [0, 0.05) is 12.0 Å². The van der Waals surface area contributed by atoms with E-state index in [4.69, 9.17) is 15.2 Å². The molecule has 1 unspecified atom stereocenters. The van der Waals surface area contributed by atoms with Crippen molar-refractivity contribution in [1.29, 1.82) is 0 Å². The molecule has 0 spiro atoms. The minimum atomic E-state index is -0.764. The van der Waals surface area contributed by atoms with Crippen molar-refractivity contribution in [2.75, 3.05) is 13.2 Å². The molecule has 0 bridgehead atoms. The van der Waals surface area contributed by atoms with Gasteiger partial charge in [0.1, 0.15) is 0 Å². The van der Waals surface area contributed by atoms with Crippen LogP contribution in [0.4, 0.5) is 0 Å². The molecule has 1 atom stereocenters. The molecule has 1 saturated carbocycles. The highest BCUT2D eigenvalue weighted by atomic mass is 16.5. The van der Waals surface area contributed by atoms with Crippen molar-refractivity contribution in [3.63, 3.8) is 0 Å². The third-order valence-electron chi connectivity index (χ3n) is 3.92. The van der Waals surface area contributed by atoms with Gasteiger partial charge in [-0.1, -0.05) is 0 Å². The molecule has 0 amide bonds. The fourth-order valence-electron chi connectivity index (χ4n) is 2.48. The van der Waals surface area contributed by atoms with E-state index in [1.54, 1.807) is 18.2 Å². The largest absolute Gasteiger partial charge is 0.490 e. The number of benzene rings is 1. The summed E-state index contributed by atoms with van der Waals surface area (Å²) in [5, 5.41) is 0. The van der Waals surface area contributed by atoms with Crippen LogP contribution in [-0.2, 0) is 0 Å². The van der Waals surface area contributed by atoms with E-state index in [2.05, 4.69) is 0 Å². The lowest BCUT2D eigenvalue weighted by Crippen LogP contribution is -2.47. The summed E-state index contributed by atoms with van der Waals surface area (Å²) in [7, 11) is 0. The molecule has 0 aromatic heterocycles. The van der Waals surface area contributed by atoms with Crippen LogP contribution in [0.15, 0.2) is 18.2 Å². The SMILES string of the molecule is CC(N)(C(=O)c1ccc2c(c1)OCCCO2)C1CC1. The molecule has 1 aliphatic heterocycles. The molecule has 19 heavy (non-hydrogen) atoms. The Morgan fingerprint density at radius 1 is 1.26 bits per heavy atom. The molecule has 0 saturated heterocycles. The van der Waals surface area contributed by atoms with Gasteiger partial charge in [0.25, 0.3) is 0 Å². The van der Waals surface area contributed by atoms with Crippen LogP contribution in [0.2, 0.25) is 0 Å². The average Bonchev–Trinajstić information content (AvgIpc) is 3.23. The Labute approximate surface area is 112 Å². The van der Waals surface area contributed by atoms with Crippen LogP contribution in [0.1, 0.15) is 36.5 Å². The molecule has 2 N–H and O–H groups in total. The Kier molecular flexibility index (Phi) is 2.97. The summed E-state index contributed by atoms with van der Waals surface area (Å²) in [6.45, 7) is 3.10. The minimum absolute atomic E-state index is 0.00866. The summed E-state index contributed by atoms with van der Waals surface area (Å²) in [6.07, 6.45) is 2.95. The topological polar surface area (TPSA) is 61.6 Å². The number of Topliss-reactive ketones (excluding diaryl/α,β-unsaturated/α-hetero) is 1. The van der Waals surface area contributed by atoms with Crippen molar-refractivity contribution in [2.45, 2.75) is 31.7 Å². The van der Waals surface area contributed by atoms with Gasteiger partial charge in [-0.3, -0.25) is 4.79 Å². The molecule has 3 rings (SSSR count). The lowest BCUT2D eigenvalue weighted by Gasteiger charge is -2.23. The zero-order valence-corrected chi connectivity index (χ0v) is 11.1. The van der Waals surface area contributed by atoms with Crippen molar-refractivity contribution in [1.82, 2.24) is 0 Å². The zero-order chi connectivity index (χ0) is 13.5. The molecule has 1 heterocycles. The molecule has 2 aliphatic rings. The molecule has 1 aromatic carbocycles. The normalized spacial score (nSPS) is 21.4. The van der Waals surface area contributed by atoms with Crippen molar-refractivity contribution < 1.29 is 14.3 Å². The van der Waals surface area contributed by atoms with Gasteiger partial charge in [0.2, 0.25) is 0 Å². The summed E-state index contributed by atoms with van der Waals surface area (Å²) < 4.78 is 11.2. The van der Waals surface area contributed by atoms with Gasteiger partial charge in [-0.25, -0.2) is 0 Å². The molecule has 1 aliphatic carbocycles. The number of carbonyl (C=O) groups excluding carboxylic acids is 1. The number of ketones is 1. The van der Waals surface area contributed by atoms with E-state index in [1.165, 1.54) is 0 Å². The van der Waals surface area contributed by atoms with Crippen LogP contribution < -0.4 is 15.2 Å². The fourth-order valence-corrected chi connectivity index (χ4v) is 2.48. The molecular weight excluding hydrogens is 242 g/mol. The Hall–Kier alpha value is -1.55. The van der Waals surface area contributed by atoms with E-state index in [-0.39, 0.29) is 5.78 Å². The molecule has 0 radical (unpaired) electrons. The number of nitrogens with two attached hydrogens (primary N) is 1. The second-order valence-electron chi connectivity index (χ2n) is 5.60. The molecule has 4 heteroatoms. The van der Waals surface area contributed by atoms with Crippen LogP contribution in [-0.4, -0.2) is 24.5 Å². The average molecular weight is 261 g/mol. The number of rotatable bonds is 3. The smallest absolute Gasteiger partial charge is 0.182 e. The van der Waals surface area contributed by atoms with Crippen LogP contribution >= 0.6 is 0 Å². The minimum Gasteiger partial charge on any atom is -0.490 e. The van der Waals surface area contributed by atoms with Gasteiger partial charge in [0.05, 0.1) is 18.8 Å². The van der Waals surface area contributed by atoms with E-state index < -0.39 is 5.54 Å².